The van der Waals surface area contributed by atoms with Crippen LogP contribution in [0, 0.1) is 0 Å². The zero-order valence-corrected chi connectivity index (χ0v) is 29.5. The molecule has 4 nitrogen and oxygen atoms in total. The van der Waals surface area contributed by atoms with Crippen LogP contribution in [0.1, 0.15) is 213 Å². The maximum Gasteiger partial charge on any atom is 0.306 e. The third kappa shape index (κ3) is 34.9. The molecular formula is C40H74O4. The van der Waals surface area contributed by atoms with Gasteiger partial charge in [0.05, 0.1) is 0 Å². The van der Waals surface area contributed by atoms with Crippen LogP contribution in [0.4, 0.5) is 0 Å². The summed E-state index contributed by atoms with van der Waals surface area (Å²) in [7, 11) is 0. The number of allylic oxidation sites excluding steroid dienone is 4. The lowest BCUT2D eigenvalue weighted by atomic mass is 10.0. The van der Waals surface area contributed by atoms with Crippen molar-refractivity contribution in [3.8, 4) is 0 Å². The summed E-state index contributed by atoms with van der Waals surface area (Å²) in [4.78, 5) is 23.3. The Bertz CT molecular complexity index is 668. The van der Waals surface area contributed by atoms with Gasteiger partial charge in [0.15, 0.2) is 0 Å². The number of aliphatic carboxylic acids is 1. The van der Waals surface area contributed by atoms with Crippen molar-refractivity contribution >= 4 is 11.9 Å². The minimum atomic E-state index is -0.703. The number of carbonyl (C=O) groups is 2. The summed E-state index contributed by atoms with van der Waals surface area (Å²) in [6, 6.07) is 0. The van der Waals surface area contributed by atoms with E-state index in [2.05, 4.69) is 38.2 Å². The standard InChI is InChI=1S/C40H74O4/c1-3-5-7-9-11-13-15-16-17-18-20-21-23-26-30-34-38(35-31-27-25-28-32-36-39(41)42)44-40(43)37-33-29-24-22-19-14-12-10-8-6-4-2/h15-16,18,20,38H,3-14,17,19,21-37H2,1-2H3,(H,41,42)/b16-15-,20-18-. The number of hydrogen-bond acceptors (Lipinski definition) is 3. The van der Waals surface area contributed by atoms with Gasteiger partial charge in [0.25, 0.3) is 0 Å². The number of carboxylic acid groups (broad SMARTS) is 1. The quantitative estimate of drug-likeness (QED) is 0.0436. The minimum Gasteiger partial charge on any atom is -0.481 e. The zero-order chi connectivity index (χ0) is 32.2. The Morgan fingerprint density at radius 2 is 0.886 bits per heavy atom. The Morgan fingerprint density at radius 3 is 1.36 bits per heavy atom. The molecule has 0 aliphatic heterocycles. The van der Waals surface area contributed by atoms with Crippen LogP contribution < -0.4 is 0 Å². The molecule has 0 aromatic heterocycles. The van der Waals surface area contributed by atoms with Gasteiger partial charge in [-0.15, -0.1) is 0 Å². The molecule has 0 bridgehead atoms. The molecule has 1 N–H and O–H groups in total. The Labute approximate surface area is 274 Å². The van der Waals surface area contributed by atoms with E-state index in [-0.39, 0.29) is 18.5 Å². The largest absolute Gasteiger partial charge is 0.481 e. The van der Waals surface area contributed by atoms with Crippen LogP contribution in [0.2, 0.25) is 0 Å². The van der Waals surface area contributed by atoms with Crippen molar-refractivity contribution in [3.05, 3.63) is 24.3 Å². The zero-order valence-electron chi connectivity index (χ0n) is 29.5. The molecule has 44 heavy (non-hydrogen) atoms. The minimum absolute atomic E-state index is 0.00988. The summed E-state index contributed by atoms with van der Waals surface area (Å²) in [6.45, 7) is 4.53. The molecule has 1 atom stereocenters. The maximum absolute atomic E-state index is 12.6. The lowest BCUT2D eigenvalue weighted by molar-refractivity contribution is -0.150. The molecule has 0 radical (unpaired) electrons. The third-order valence-corrected chi connectivity index (χ3v) is 8.68. The van der Waals surface area contributed by atoms with Crippen LogP contribution in [0.3, 0.4) is 0 Å². The van der Waals surface area contributed by atoms with Gasteiger partial charge >= 0.3 is 11.9 Å². The van der Waals surface area contributed by atoms with Gasteiger partial charge in [0, 0.05) is 12.8 Å². The molecule has 258 valence electrons. The molecule has 0 saturated heterocycles. The summed E-state index contributed by atoms with van der Waals surface area (Å²) in [5.74, 6) is -0.713. The predicted molar refractivity (Wildman–Crippen MR) is 190 cm³/mol. The van der Waals surface area contributed by atoms with Gasteiger partial charge in [-0.1, -0.05) is 154 Å². The molecule has 0 amide bonds. The molecule has 0 aromatic rings. The van der Waals surface area contributed by atoms with Gasteiger partial charge in [0.2, 0.25) is 0 Å². The van der Waals surface area contributed by atoms with Crippen LogP contribution in [0.5, 0.6) is 0 Å². The monoisotopic (exact) mass is 619 g/mol. The van der Waals surface area contributed by atoms with Crippen LogP contribution in [0.25, 0.3) is 0 Å². The highest BCUT2D eigenvalue weighted by Gasteiger charge is 2.14. The Morgan fingerprint density at radius 1 is 0.500 bits per heavy atom. The Balaban J connectivity index is 4.11. The fourth-order valence-corrected chi connectivity index (χ4v) is 5.80. The van der Waals surface area contributed by atoms with E-state index in [1.165, 1.54) is 109 Å². The second-order valence-corrected chi connectivity index (χ2v) is 13.1. The van der Waals surface area contributed by atoms with Crippen LogP contribution in [0.15, 0.2) is 24.3 Å². The molecule has 4 heteroatoms. The lowest BCUT2D eigenvalue weighted by Crippen LogP contribution is -2.18. The molecular weight excluding hydrogens is 544 g/mol. The molecule has 0 rings (SSSR count). The van der Waals surface area contributed by atoms with E-state index in [0.29, 0.717) is 6.42 Å². The average Bonchev–Trinajstić information content (AvgIpc) is 3.00. The highest BCUT2D eigenvalue weighted by molar-refractivity contribution is 5.69. The fraction of sp³-hybridized carbons (Fsp3) is 0.850. The third-order valence-electron chi connectivity index (χ3n) is 8.68. The van der Waals surface area contributed by atoms with E-state index in [0.717, 1.165) is 77.0 Å². The van der Waals surface area contributed by atoms with Crippen LogP contribution >= 0.6 is 0 Å². The van der Waals surface area contributed by atoms with Crippen molar-refractivity contribution in [1.29, 1.82) is 0 Å². The number of carboxylic acids is 1. The SMILES string of the molecule is CCCCCCC/C=C\C/C=C\CCCCCC(CCCCCCCC(=O)O)OC(=O)CCCCCCCCCCCCC. The first kappa shape index (κ1) is 42.4. The van der Waals surface area contributed by atoms with Gasteiger partial charge < -0.3 is 9.84 Å². The first-order valence-electron chi connectivity index (χ1n) is 19.3. The summed E-state index contributed by atoms with van der Waals surface area (Å²) in [6.07, 6.45) is 44.7. The molecule has 0 aromatic carbocycles. The smallest absolute Gasteiger partial charge is 0.306 e. The first-order valence-corrected chi connectivity index (χ1v) is 19.3. The van der Waals surface area contributed by atoms with Gasteiger partial charge in [0.1, 0.15) is 6.10 Å². The highest BCUT2D eigenvalue weighted by atomic mass is 16.5. The van der Waals surface area contributed by atoms with Crippen molar-refractivity contribution in [3.63, 3.8) is 0 Å². The van der Waals surface area contributed by atoms with E-state index in [4.69, 9.17) is 9.84 Å². The first-order chi connectivity index (χ1) is 21.6. The highest BCUT2D eigenvalue weighted by Crippen LogP contribution is 2.18. The molecule has 0 spiro atoms. The van der Waals surface area contributed by atoms with E-state index >= 15 is 0 Å². The lowest BCUT2D eigenvalue weighted by Gasteiger charge is -2.18. The summed E-state index contributed by atoms with van der Waals surface area (Å²) < 4.78 is 5.98. The summed E-state index contributed by atoms with van der Waals surface area (Å²) >= 11 is 0. The topological polar surface area (TPSA) is 63.6 Å². The molecule has 0 aliphatic carbocycles. The Kier molecular flexibility index (Phi) is 34.6. The predicted octanol–water partition coefficient (Wildman–Crippen LogP) is 13.2. The van der Waals surface area contributed by atoms with Gasteiger partial charge in [-0.2, -0.15) is 0 Å². The average molecular weight is 619 g/mol. The maximum atomic E-state index is 12.6. The normalized spacial score (nSPS) is 12.4. The molecule has 0 saturated carbocycles. The second kappa shape index (κ2) is 35.9. The molecule has 1 unspecified atom stereocenters. The van der Waals surface area contributed by atoms with Gasteiger partial charge in [-0.25, -0.2) is 0 Å². The number of unbranched alkanes of at least 4 members (excludes halogenated alkanes) is 22. The van der Waals surface area contributed by atoms with Crippen molar-refractivity contribution in [2.45, 2.75) is 219 Å². The van der Waals surface area contributed by atoms with E-state index in [1.807, 2.05) is 0 Å². The number of rotatable bonds is 35. The van der Waals surface area contributed by atoms with Crippen LogP contribution in [-0.4, -0.2) is 23.1 Å². The number of carbonyl (C=O) groups excluding carboxylic acids is 1. The number of esters is 1. The van der Waals surface area contributed by atoms with Crippen molar-refractivity contribution in [1.82, 2.24) is 0 Å². The van der Waals surface area contributed by atoms with E-state index in [9.17, 15) is 9.59 Å². The Hall–Kier alpha value is -1.58. The van der Waals surface area contributed by atoms with E-state index < -0.39 is 5.97 Å². The van der Waals surface area contributed by atoms with Gasteiger partial charge in [-0.3, -0.25) is 9.59 Å². The molecule has 0 aliphatic rings. The van der Waals surface area contributed by atoms with Gasteiger partial charge in [-0.05, 0) is 70.6 Å². The van der Waals surface area contributed by atoms with Crippen molar-refractivity contribution in [2.75, 3.05) is 0 Å². The van der Waals surface area contributed by atoms with Crippen molar-refractivity contribution < 1.29 is 19.4 Å². The summed E-state index contributed by atoms with van der Waals surface area (Å²) in [5, 5.41) is 8.81. The van der Waals surface area contributed by atoms with Crippen molar-refractivity contribution in [2.24, 2.45) is 0 Å². The molecule has 0 heterocycles. The van der Waals surface area contributed by atoms with E-state index in [1.54, 1.807) is 0 Å². The number of hydrogen-bond donors (Lipinski definition) is 1. The number of ether oxygens (including phenoxy) is 1. The summed E-state index contributed by atoms with van der Waals surface area (Å²) in [5.41, 5.74) is 0. The molecule has 0 fully saturated rings. The fourth-order valence-electron chi connectivity index (χ4n) is 5.80. The van der Waals surface area contributed by atoms with Crippen LogP contribution in [-0.2, 0) is 14.3 Å². The second-order valence-electron chi connectivity index (χ2n) is 13.1.